The molecule has 0 radical (unpaired) electrons. The van der Waals surface area contributed by atoms with Gasteiger partial charge < -0.3 is 8.98 Å². The van der Waals surface area contributed by atoms with E-state index in [1.807, 2.05) is 18.4 Å². The van der Waals surface area contributed by atoms with Gasteiger partial charge in [-0.15, -0.1) is 0 Å². The van der Waals surface area contributed by atoms with Crippen molar-refractivity contribution in [1.29, 1.82) is 0 Å². The van der Waals surface area contributed by atoms with E-state index in [0.717, 1.165) is 11.4 Å². The van der Waals surface area contributed by atoms with Gasteiger partial charge in [-0.2, -0.15) is 0 Å². The second-order valence-corrected chi connectivity index (χ2v) is 3.49. The van der Waals surface area contributed by atoms with Gasteiger partial charge in [0.15, 0.2) is 5.78 Å². The number of nitrogens with zero attached hydrogens (tertiary/aromatic N) is 2. The predicted octanol–water partition coefficient (Wildman–Crippen LogP) is 1.98. The van der Waals surface area contributed by atoms with E-state index in [1.54, 1.807) is 18.7 Å². The van der Waals surface area contributed by atoms with Crippen molar-refractivity contribution in [3.8, 4) is 0 Å². The molecule has 2 aromatic heterocycles. The van der Waals surface area contributed by atoms with Gasteiger partial charge in [0.05, 0.1) is 18.4 Å². The van der Waals surface area contributed by atoms with E-state index in [0.29, 0.717) is 12.1 Å². The van der Waals surface area contributed by atoms with Gasteiger partial charge in [-0.25, -0.2) is 4.98 Å². The lowest BCUT2D eigenvalue weighted by Gasteiger charge is -2.02. The smallest absolute Gasteiger partial charge is 0.186 e. The summed E-state index contributed by atoms with van der Waals surface area (Å²) in [7, 11) is 0. The van der Waals surface area contributed by atoms with Crippen molar-refractivity contribution in [3.63, 3.8) is 0 Å². The quantitative estimate of drug-likeness (QED) is 0.718. The molecule has 0 aliphatic carbocycles. The Kier molecular flexibility index (Phi) is 2.41. The van der Waals surface area contributed by atoms with Crippen molar-refractivity contribution in [2.45, 2.75) is 20.4 Å². The minimum Gasteiger partial charge on any atom is -0.472 e. The van der Waals surface area contributed by atoms with Crippen molar-refractivity contribution >= 4 is 5.78 Å². The number of aromatic nitrogens is 2. The highest BCUT2D eigenvalue weighted by atomic mass is 16.3. The summed E-state index contributed by atoms with van der Waals surface area (Å²) in [5.41, 5.74) is 1.51. The average molecular weight is 204 g/mol. The van der Waals surface area contributed by atoms with Crippen LogP contribution in [0.1, 0.15) is 21.7 Å². The summed E-state index contributed by atoms with van der Waals surface area (Å²) in [6, 6.07) is 0. The van der Waals surface area contributed by atoms with Gasteiger partial charge in [0.25, 0.3) is 0 Å². The van der Waals surface area contributed by atoms with E-state index in [9.17, 15) is 4.79 Å². The van der Waals surface area contributed by atoms with Crippen molar-refractivity contribution in [1.82, 2.24) is 9.55 Å². The molecule has 0 saturated carbocycles. The molecule has 2 aromatic rings. The number of aryl methyl sites for hydroxylation is 2. The Hall–Kier alpha value is -1.84. The molecule has 0 amide bonds. The molecule has 0 unspecified atom stereocenters. The van der Waals surface area contributed by atoms with Crippen LogP contribution in [0, 0.1) is 13.8 Å². The van der Waals surface area contributed by atoms with E-state index < -0.39 is 0 Å². The Morgan fingerprint density at radius 3 is 2.80 bits per heavy atom. The maximum Gasteiger partial charge on any atom is 0.186 e. The molecule has 2 rings (SSSR count). The second-order valence-electron chi connectivity index (χ2n) is 3.49. The SMILES string of the molecule is Cc1cocc1C(=O)Cn1ccnc1C. The summed E-state index contributed by atoms with van der Waals surface area (Å²) in [5, 5.41) is 0. The number of furan rings is 1. The van der Waals surface area contributed by atoms with Crippen LogP contribution in [0.5, 0.6) is 0 Å². The molecule has 0 fully saturated rings. The number of Topliss-reactive ketones (excluding diaryl/α,β-unsaturated/α-hetero) is 1. The number of hydrogen-bond acceptors (Lipinski definition) is 3. The monoisotopic (exact) mass is 204 g/mol. The zero-order valence-electron chi connectivity index (χ0n) is 8.73. The van der Waals surface area contributed by atoms with Gasteiger partial charge >= 0.3 is 0 Å². The van der Waals surface area contributed by atoms with Crippen LogP contribution in [-0.2, 0) is 6.54 Å². The number of rotatable bonds is 3. The Morgan fingerprint density at radius 1 is 1.47 bits per heavy atom. The molecule has 0 N–H and O–H groups in total. The van der Waals surface area contributed by atoms with Crippen LogP contribution in [0.25, 0.3) is 0 Å². The molecule has 0 aliphatic rings. The number of ketones is 1. The normalized spacial score (nSPS) is 10.5. The highest BCUT2D eigenvalue weighted by molar-refractivity contribution is 5.96. The van der Waals surface area contributed by atoms with Gasteiger partial charge in [-0.3, -0.25) is 4.79 Å². The minimum atomic E-state index is 0.0438. The predicted molar refractivity (Wildman–Crippen MR) is 54.7 cm³/mol. The first-order valence-corrected chi connectivity index (χ1v) is 4.72. The first-order valence-electron chi connectivity index (χ1n) is 4.72. The lowest BCUT2D eigenvalue weighted by Crippen LogP contribution is -2.11. The largest absolute Gasteiger partial charge is 0.472 e. The van der Waals surface area contributed by atoms with Crippen LogP contribution >= 0.6 is 0 Å². The Balaban J connectivity index is 2.18. The highest BCUT2D eigenvalue weighted by Gasteiger charge is 2.12. The van der Waals surface area contributed by atoms with Gasteiger partial charge in [0, 0.05) is 12.4 Å². The molecule has 0 bridgehead atoms. The highest BCUT2D eigenvalue weighted by Crippen LogP contribution is 2.11. The number of carbonyl (C=O) groups is 1. The van der Waals surface area contributed by atoms with Gasteiger partial charge in [0.2, 0.25) is 0 Å². The molecule has 0 aliphatic heterocycles. The van der Waals surface area contributed by atoms with Crippen LogP contribution in [0.3, 0.4) is 0 Å². The van der Waals surface area contributed by atoms with Crippen LogP contribution in [0.15, 0.2) is 29.3 Å². The van der Waals surface area contributed by atoms with E-state index in [4.69, 9.17) is 4.42 Å². The molecule has 0 spiro atoms. The number of carbonyl (C=O) groups excluding carboxylic acids is 1. The summed E-state index contributed by atoms with van der Waals surface area (Å²) in [6.45, 7) is 4.04. The van der Waals surface area contributed by atoms with Crippen LogP contribution in [0.2, 0.25) is 0 Å². The van der Waals surface area contributed by atoms with Crippen molar-refractivity contribution < 1.29 is 9.21 Å². The van der Waals surface area contributed by atoms with E-state index >= 15 is 0 Å². The standard InChI is InChI=1S/C11H12N2O2/c1-8-6-15-7-10(8)11(14)5-13-4-3-12-9(13)2/h3-4,6-7H,5H2,1-2H3. The summed E-state index contributed by atoms with van der Waals surface area (Å²) < 4.78 is 6.78. The molecule has 0 atom stereocenters. The zero-order valence-corrected chi connectivity index (χ0v) is 8.73. The topological polar surface area (TPSA) is 48.0 Å². The molecular formula is C11H12N2O2. The van der Waals surface area contributed by atoms with E-state index in [-0.39, 0.29) is 5.78 Å². The molecule has 0 saturated heterocycles. The Labute approximate surface area is 87.5 Å². The zero-order chi connectivity index (χ0) is 10.8. The van der Waals surface area contributed by atoms with Gasteiger partial charge in [-0.1, -0.05) is 0 Å². The summed E-state index contributed by atoms with van der Waals surface area (Å²) in [5.74, 6) is 0.881. The summed E-state index contributed by atoms with van der Waals surface area (Å²) in [4.78, 5) is 15.9. The van der Waals surface area contributed by atoms with Crippen LogP contribution in [-0.4, -0.2) is 15.3 Å². The van der Waals surface area contributed by atoms with Crippen LogP contribution in [0.4, 0.5) is 0 Å². The van der Waals surface area contributed by atoms with Crippen LogP contribution < -0.4 is 0 Å². The summed E-state index contributed by atoms with van der Waals surface area (Å²) >= 11 is 0. The fourth-order valence-electron chi connectivity index (χ4n) is 1.46. The van der Waals surface area contributed by atoms with Gasteiger partial charge in [-0.05, 0) is 19.4 Å². The van der Waals surface area contributed by atoms with Gasteiger partial charge in [0.1, 0.15) is 12.1 Å². The third-order valence-corrected chi connectivity index (χ3v) is 2.39. The molecule has 0 aromatic carbocycles. The Bertz CT molecular complexity index is 482. The minimum absolute atomic E-state index is 0.0438. The third-order valence-electron chi connectivity index (χ3n) is 2.39. The molecule has 4 heteroatoms. The van der Waals surface area contributed by atoms with Crippen molar-refractivity contribution in [2.75, 3.05) is 0 Å². The molecule has 2 heterocycles. The van der Waals surface area contributed by atoms with E-state index in [2.05, 4.69) is 4.98 Å². The average Bonchev–Trinajstić information content (AvgIpc) is 2.76. The molecule has 4 nitrogen and oxygen atoms in total. The van der Waals surface area contributed by atoms with Crippen molar-refractivity contribution in [2.24, 2.45) is 0 Å². The lowest BCUT2D eigenvalue weighted by atomic mass is 10.1. The maximum atomic E-state index is 11.8. The first kappa shape index (κ1) is 9.71. The fraction of sp³-hybridized carbons (Fsp3) is 0.273. The Morgan fingerprint density at radius 2 is 2.27 bits per heavy atom. The molecule has 78 valence electrons. The third kappa shape index (κ3) is 1.83. The van der Waals surface area contributed by atoms with E-state index in [1.165, 1.54) is 6.26 Å². The second kappa shape index (κ2) is 3.73. The fourth-order valence-corrected chi connectivity index (χ4v) is 1.46. The van der Waals surface area contributed by atoms with Crippen molar-refractivity contribution in [3.05, 3.63) is 41.9 Å². The number of imidazole rings is 1. The molecule has 15 heavy (non-hydrogen) atoms. The number of hydrogen-bond donors (Lipinski definition) is 0. The summed E-state index contributed by atoms with van der Waals surface area (Å²) in [6.07, 6.45) is 6.55. The first-order chi connectivity index (χ1) is 7.18. The molecular weight excluding hydrogens is 192 g/mol. The lowest BCUT2D eigenvalue weighted by molar-refractivity contribution is 0.0970. The maximum absolute atomic E-state index is 11.8.